The third-order valence-corrected chi connectivity index (χ3v) is 2.80. The molecular formula is C14H23FN2O3. The molecule has 0 aliphatic carbocycles. The molecule has 0 radical (unpaired) electrons. The predicted molar refractivity (Wildman–Crippen MR) is 77.8 cm³/mol. The Hall–Kier alpha value is -1.53. The largest absolute Gasteiger partial charge is 0.490 e. The fourth-order valence-electron chi connectivity index (χ4n) is 1.87. The number of halogens is 1. The number of nitrogens with zero attached hydrogens (tertiary/aromatic N) is 1. The van der Waals surface area contributed by atoms with Gasteiger partial charge in [-0.15, -0.1) is 0 Å². The normalized spacial score (nSPS) is 12.2. The zero-order valence-corrected chi connectivity index (χ0v) is 12.2. The summed E-state index contributed by atoms with van der Waals surface area (Å²) < 4.78 is 23.9. The zero-order chi connectivity index (χ0) is 15.1. The Morgan fingerprint density at radius 1 is 1.45 bits per heavy atom. The minimum absolute atomic E-state index is 0.170. The van der Waals surface area contributed by atoms with Crippen molar-refractivity contribution in [3.05, 3.63) is 17.9 Å². The molecule has 1 atom stereocenters. The quantitative estimate of drug-likeness (QED) is 0.711. The van der Waals surface area contributed by atoms with Crippen LogP contribution in [0, 0.1) is 5.82 Å². The van der Waals surface area contributed by atoms with Crippen LogP contribution in [-0.2, 0) is 4.74 Å². The van der Waals surface area contributed by atoms with Crippen LogP contribution in [0.15, 0.2) is 12.1 Å². The average molecular weight is 286 g/mol. The lowest BCUT2D eigenvalue weighted by Crippen LogP contribution is -2.32. The van der Waals surface area contributed by atoms with E-state index in [0.717, 1.165) is 6.42 Å². The molecule has 0 bridgehead atoms. The summed E-state index contributed by atoms with van der Waals surface area (Å²) in [5.41, 5.74) is 6.74. The Morgan fingerprint density at radius 3 is 2.75 bits per heavy atom. The molecule has 114 valence electrons. The van der Waals surface area contributed by atoms with Crippen molar-refractivity contribution in [3.63, 3.8) is 0 Å². The molecule has 1 aromatic rings. The number of likely N-dealkylation sites (N-methyl/N-ethyl adjacent to an activating group) is 1. The molecule has 0 aliphatic heterocycles. The SMILES string of the molecule is CCCOc1cc(N(C)CC(O)COC)c(N)cc1F. The van der Waals surface area contributed by atoms with Gasteiger partial charge in [-0.3, -0.25) is 0 Å². The lowest BCUT2D eigenvalue weighted by Gasteiger charge is -2.24. The summed E-state index contributed by atoms with van der Waals surface area (Å²) in [5.74, 6) is -0.310. The van der Waals surface area contributed by atoms with E-state index in [1.165, 1.54) is 13.2 Å². The van der Waals surface area contributed by atoms with Gasteiger partial charge in [-0.2, -0.15) is 0 Å². The van der Waals surface area contributed by atoms with Gasteiger partial charge in [0.1, 0.15) is 0 Å². The van der Waals surface area contributed by atoms with Crippen molar-refractivity contribution < 1.29 is 19.0 Å². The van der Waals surface area contributed by atoms with Crippen LogP contribution in [0.2, 0.25) is 0 Å². The first kappa shape index (κ1) is 16.5. The molecule has 1 unspecified atom stereocenters. The van der Waals surface area contributed by atoms with Crippen molar-refractivity contribution in [1.29, 1.82) is 0 Å². The van der Waals surface area contributed by atoms with Gasteiger partial charge >= 0.3 is 0 Å². The lowest BCUT2D eigenvalue weighted by molar-refractivity contribution is 0.0695. The first-order valence-corrected chi connectivity index (χ1v) is 6.59. The molecule has 1 rings (SSSR count). The summed E-state index contributed by atoms with van der Waals surface area (Å²) in [6.07, 6.45) is 0.149. The van der Waals surface area contributed by atoms with E-state index in [1.807, 2.05) is 6.92 Å². The van der Waals surface area contributed by atoms with E-state index in [1.54, 1.807) is 18.0 Å². The van der Waals surface area contributed by atoms with E-state index in [2.05, 4.69) is 0 Å². The van der Waals surface area contributed by atoms with Crippen LogP contribution < -0.4 is 15.4 Å². The monoisotopic (exact) mass is 286 g/mol. The fraction of sp³-hybridized carbons (Fsp3) is 0.571. The summed E-state index contributed by atoms with van der Waals surface area (Å²) >= 11 is 0. The standard InChI is InChI=1S/C14H23FN2O3/c1-4-5-20-14-7-13(12(16)6-11(14)15)17(2)8-10(18)9-19-3/h6-7,10,18H,4-5,8-9,16H2,1-3H3. The highest BCUT2D eigenvalue weighted by Gasteiger charge is 2.15. The number of hydrogen-bond acceptors (Lipinski definition) is 5. The number of anilines is 2. The molecule has 0 spiro atoms. The third kappa shape index (κ3) is 4.54. The molecule has 0 amide bonds. The molecule has 0 saturated carbocycles. The maximum absolute atomic E-state index is 13.7. The smallest absolute Gasteiger partial charge is 0.167 e. The fourth-order valence-corrected chi connectivity index (χ4v) is 1.87. The topological polar surface area (TPSA) is 68.0 Å². The third-order valence-electron chi connectivity index (χ3n) is 2.80. The van der Waals surface area contributed by atoms with Crippen molar-refractivity contribution in [2.45, 2.75) is 19.4 Å². The average Bonchev–Trinajstić information content (AvgIpc) is 2.37. The number of nitrogen functional groups attached to an aromatic ring is 1. The zero-order valence-electron chi connectivity index (χ0n) is 12.2. The van der Waals surface area contributed by atoms with Crippen LogP contribution >= 0.6 is 0 Å². The summed E-state index contributed by atoms with van der Waals surface area (Å²) in [6.45, 7) is 2.95. The number of aliphatic hydroxyl groups excluding tert-OH is 1. The minimum atomic E-state index is -0.644. The molecule has 0 aromatic heterocycles. The van der Waals surface area contributed by atoms with Crippen molar-refractivity contribution in [1.82, 2.24) is 0 Å². The van der Waals surface area contributed by atoms with Gasteiger partial charge in [0.15, 0.2) is 11.6 Å². The van der Waals surface area contributed by atoms with Crippen LogP contribution in [0.3, 0.4) is 0 Å². The molecule has 1 aromatic carbocycles. The van der Waals surface area contributed by atoms with Gasteiger partial charge in [-0.25, -0.2) is 4.39 Å². The molecular weight excluding hydrogens is 263 g/mol. The van der Waals surface area contributed by atoms with E-state index < -0.39 is 11.9 Å². The Balaban J connectivity index is 2.87. The Bertz CT molecular complexity index is 429. The maximum atomic E-state index is 13.7. The highest BCUT2D eigenvalue weighted by Crippen LogP contribution is 2.30. The van der Waals surface area contributed by atoms with E-state index in [-0.39, 0.29) is 12.4 Å². The molecule has 0 saturated heterocycles. The van der Waals surface area contributed by atoms with Gasteiger partial charge in [0.05, 0.1) is 30.7 Å². The molecule has 0 fully saturated rings. The summed E-state index contributed by atoms with van der Waals surface area (Å²) in [6, 6.07) is 2.79. The van der Waals surface area contributed by atoms with Crippen LogP contribution in [-0.4, -0.2) is 45.1 Å². The van der Waals surface area contributed by atoms with E-state index in [9.17, 15) is 9.50 Å². The van der Waals surface area contributed by atoms with Crippen LogP contribution in [0.25, 0.3) is 0 Å². The molecule has 20 heavy (non-hydrogen) atoms. The summed E-state index contributed by atoms with van der Waals surface area (Å²) in [4.78, 5) is 1.75. The number of methoxy groups -OCH3 is 1. The number of rotatable bonds is 8. The number of hydrogen-bond donors (Lipinski definition) is 2. The number of ether oxygens (including phenoxy) is 2. The van der Waals surface area contributed by atoms with Crippen LogP contribution in [0.5, 0.6) is 5.75 Å². The molecule has 0 aliphatic rings. The van der Waals surface area contributed by atoms with E-state index in [4.69, 9.17) is 15.2 Å². The van der Waals surface area contributed by atoms with Gasteiger partial charge in [-0.1, -0.05) is 6.92 Å². The maximum Gasteiger partial charge on any atom is 0.167 e. The van der Waals surface area contributed by atoms with Gasteiger partial charge in [-0.05, 0) is 6.42 Å². The van der Waals surface area contributed by atoms with Crippen molar-refractivity contribution in [3.8, 4) is 5.75 Å². The van der Waals surface area contributed by atoms with Crippen LogP contribution in [0.1, 0.15) is 13.3 Å². The van der Waals surface area contributed by atoms with Crippen LogP contribution in [0.4, 0.5) is 15.8 Å². The summed E-state index contributed by atoms with van der Waals surface area (Å²) in [5, 5.41) is 9.72. The second kappa shape index (κ2) is 7.91. The first-order chi connectivity index (χ1) is 9.49. The highest BCUT2D eigenvalue weighted by atomic mass is 19.1. The summed E-state index contributed by atoms with van der Waals surface area (Å²) in [7, 11) is 3.29. The number of nitrogens with two attached hydrogens (primary N) is 1. The highest BCUT2D eigenvalue weighted by molar-refractivity contribution is 5.69. The Labute approximate surface area is 119 Å². The van der Waals surface area contributed by atoms with Gasteiger partial charge in [0, 0.05) is 32.8 Å². The van der Waals surface area contributed by atoms with Gasteiger partial charge < -0.3 is 25.2 Å². The molecule has 0 heterocycles. The first-order valence-electron chi connectivity index (χ1n) is 6.59. The van der Waals surface area contributed by atoms with Gasteiger partial charge in [0.2, 0.25) is 0 Å². The second-order valence-electron chi connectivity index (χ2n) is 4.68. The minimum Gasteiger partial charge on any atom is -0.490 e. The lowest BCUT2D eigenvalue weighted by atomic mass is 10.2. The second-order valence-corrected chi connectivity index (χ2v) is 4.68. The molecule has 6 heteroatoms. The molecule has 3 N–H and O–H groups in total. The molecule has 5 nitrogen and oxygen atoms in total. The number of aliphatic hydroxyl groups is 1. The van der Waals surface area contributed by atoms with Crippen molar-refractivity contribution in [2.24, 2.45) is 0 Å². The predicted octanol–water partition coefficient (Wildman–Crippen LogP) is 1.64. The van der Waals surface area contributed by atoms with Crippen molar-refractivity contribution in [2.75, 3.05) is 44.5 Å². The van der Waals surface area contributed by atoms with E-state index in [0.29, 0.717) is 24.5 Å². The van der Waals surface area contributed by atoms with Gasteiger partial charge in [0.25, 0.3) is 0 Å². The Morgan fingerprint density at radius 2 is 2.15 bits per heavy atom. The van der Waals surface area contributed by atoms with Crippen molar-refractivity contribution >= 4 is 11.4 Å². The van der Waals surface area contributed by atoms with E-state index >= 15 is 0 Å². The number of benzene rings is 1. The Kier molecular flexibility index (Phi) is 6.54.